The summed E-state index contributed by atoms with van der Waals surface area (Å²) in [5.74, 6) is -1.38. The third kappa shape index (κ3) is 2.54. The predicted molar refractivity (Wildman–Crippen MR) is 81.8 cm³/mol. The number of nitro groups is 1. The van der Waals surface area contributed by atoms with Crippen LogP contribution in [0.2, 0.25) is 5.02 Å². The van der Waals surface area contributed by atoms with Gasteiger partial charge in [0.2, 0.25) is 5.75 Å². The molecule has 0 radical (unpaired) electrons. The third-order valence-corrected chi connectivity index (χ3v) is 4.22. The number of hydrogen-bond donors (Lipinski definition) is 2. The molecule has 21 heavy (non-hydrogen) atoms. The molecule has 110 valence electrons. The molecule has 2 aromatic rings. The molecule has 0 aliphatic rings. The van der Waals surface area contributed by atoms with E-state index < -0.39 is 22.1 Å². The van der Waals surface area contributed by atoms with Gasteiger partial charge in [0.25, 0.3) is 0 Å². The molecule has 0 spiro atoms. The molecule has 0 saturated carbocycles. The van der Waals surface area contributed by atoms with E-state index in [2.05, 4.69) is 20.9 Å². The Morgan fingerprint density at radius 3 is 2.48 bits per heavy atom. The molecular formula is C13H10BrClN2O4. The molecule has 1 aromatic carbocycles. The molecule has 0 bridgehead atoms. The van der Waals surface area contributed by atoms with Gasteiger partial charge in [-0.25, -0.2) is 4.98 Å². The van der Waals surface area contributed by atoms with Crippen molar-refractivity contribution in [1.82, 2.24) is 4.98 Å². The van der Waals surface area contributed by atoms with E-state index in [4.69, 9.17) is 11.6 Å². The van der Waals surface area contributed by atoms with E-state index in [1.54, 1.807) is 13.8 Å². The first kappa shape index (κ1) is 15.5. The van der Waals surface area contributed by atoms with Crippen molar-refractivity contribution in [3.8, 4) is 22.6 Å². The number of pyridine rings is 1. The minimum Gasteiger partial charge on any atom is -0.504 e. The number of hydrogen-bond acceptors (Lipinski definition) is 5. The molecule has 0 saturated heterocycles. The molecule has 0 aliphatic heterocycles. The molecule has 0 amide bonds. The number of phenolic OH excluding ortho intramolecular Hbond substituents is 2. The van der Waals surface area contributed by atoms with Gasteiger partial charge < -0.3 is 10.2 Å². The van der Waals surface area contributed by atoms with Crippen LogP contribution in [0.5, 0.6) is 11.5 Å². The maximum atomic E-state index is 10.7. The van der Waals surface area contributed by atoms with Crippen molar-refractivity contribution in [3.63, 3.8) is 0 Å². The van der Waals surface area contributed by atoms with Crippen molar-refractivity contribution in [2.45, 2.75) is 13.8 Å². The van der Waals surface area contributed by atoms with Crippen LogP contribution >= 0.6 is 27.5 Å². The number of halogens is 2. The Kier molecular flexibility index (Phi) is 4.06. The van der Waals surface area contributed by atoms with Gasteiger partial charge in [-0.3, -0.25) is 10.1 Å². The van der Waals surface area contributed by atoms with E-state index in [1.807, 2.05) is 0 Å². The van der Waals surface area contributed by atoms with Crippen LogP contribution in [-0.2, 0) is 0 Å². The second-order valence-electron chi connectivity index (χ2n) is 4.39. The van der Waals surface area contributed by atoms with Gasteiger partial charge in [0, 0.05) is 17.2 Å². The highest BCUT2D eigenvalue weighted by molar-refractivity contribution is 9.10. The molecule has 0 unspecified atom stereocenters. The lowest BCUT2D eigenvalue weighted by atomic mass is 10.00. The summed E-state index contributed by atoms with van der Waals surface area (Å²) >= 11 is 9.42. The highest BCUT2D eigenvalue weighted by atomic mass is 79.9. The average molecular weight is 374 g/mol. The first-order chi connectivity index (χ1) is 9.75. The molecule has 0 atom stereocenters. The Bertz CT molecular complexity index is 765. The van der Waals surface area contributed by atoms with Gasteiger partial charge in [0.15, 0.2) is 5.75 Å². The molecule has 6 nitrogen and oxygen atoms in total. The highest BCUT2D eigenvalue weighted by Crippen LogP contribution is 2.46. The number of nitro benzene ring substituents is 1. The van der Waals surface area contributed by atoms with Crippen LogP contribution in [-0.4, -0.2) is 20.1 Å². The summed E-state index contributed by atoms with van der Waals surface area (Å²) in [6.45, 7) is 3.46. The monoisotopic (exact) mass is 372 g/mol. The van der Waals surface area contributed by atoms with Crippen LogP contribution < -0.4 is 0 Å². The van der Waals surface area contributed by atoms with E-state index in [-0.39, 0.29) is 5.56 Å². The predicted octanol–water partition coefficient (Wildman–Crippen LogP) is 4.10. The van der Waals surface area contributed by atoms with Gasteiger partial charge in [-0.05, 0) is 41.4 Å². The lowest BCUT2D eigenvalue weighted by Crippen LogP contribution is -1.96. The van der Waals surface area contributed by atoms with Crippen molar-refractivity contribution >= 4 is 33.2 Å². The van der Waals surface area contributed by atoms with E-state index in [0.29, 0.717) is 26.4 Å². The fraction of sp³-hybridized carbons (Fsp3) is 0.154. The maximum absolute atomic E-state index is 10.7. The summed E-state index contributed by atoms with van der Waals surface area (Å²) < 4.78 is 0.422. The van der Waals surface area contributed by atoms with Crippen molar-refractivity contribution < 1.29 is 15.1 Å². The zero-order valence-corrected chi connectivity index (χ0v) is 13.4. The third-order valence-electron chi connectivity index (χ3n) is 3.09. The molecule has 8 heteroatoms. The zero-order chi connectivity index (χ0) is 15.9. The van der Waals surface area contributed by atoms with Crippen LogP contribution in [0, 0.1) is 24.0 Å². The van der Waals surface area contributed by atoms with Gasteiger partial charge >= 0.3 is 5.69 Å². The second-order valence-corrected chi connectivity index (χ2v) is 5.52. The summed E-state index contributed by atoms with van der Waals surface area (Å²) in [4.78, 5) is 14.2. The quantitative estimate of drug-likeness (QED) is 0.357. The largest absolute Gasteiger partial charge is 0.504 e. The number of rotatable bonds is 2. The van der Waals surface area contributed by atoms with Crippen molar-refractivity contribution in [2.24, 2.45) is 0 Å². The summed E-state index contributed by atoms with van der Waals surface area (Å²) in [5.41, 5.74) is 1.34. The van der Waals surface area contributed by atoms with E-state index >= 15 is 0 Å². The summed E-state index contributed by atoms with van der Waals surface area (Å²) in [6, 6.07) is 2.46. The molecule has 2 rings (SSSR count). The Balaban J connectivity index is 2.78. The van der Waals surface area contributed by atoms with Crippen molar-refractivity contribution in [2.75, 3.05) is 0 Å². The van der Waals surface area contributed by atoms with Gasteiger partial charge in [-0.2, -0.15) is 0 Å². The molecular weight excluding hydrogens is 364 g/mol. The average Bonchev–Trinajstić information content (AvgIpc) is 2.40. The summed E-state index contributed by atoms with van der Waals surface area (Å²) in [6.07, 6.45) is 0. The lowest BCUT2D eigenvalue weighted by Gasteiger charge is -2.13. The van der Waals surface area contributed by atoms with Crippen LogP contribution in [0.3, 0.4) is 0 Å². The normalized spacial score (nSPS) is 10.7. The summed E-state index contributed by atoms with van der Waals surface area (Å²) in [5, 5.41) is 31.0. The van der Waals surface area contributed by atoms with E-state index in [1.165, 1.54) is 6.07 Å². The highest BCUT2D eigenvalue weighted by Gasteiger charge is 2.24. The van der Waals surface area contributed by atoms with Gasteiger partial charge in [0.05, 0.1) is 15.6 Å². The molecule has 0 aliphatic carbocycles. The molecule has 1 heterocycles. The minimum atomic E-state index is -0.791. The lowest BCUT2D eigenvalue weighted by molar-refractivity contribution is -0.385. The molecule has 1 aromatic heterocycles. The Morgan fingerprint density at radius 1 is 1.29 bits per heavy atom. The number of benzene rings is 1. The smallest absolute Gasteiger partial charge is 0.314 e. The van der Waals surface area contributed by atoms with E-state index in [9.17, 15) is 20.3 Å². The minimum absolute atomic E-state index is 0.205. The number of aromatic nitrogens is 1. The fourth-order valence-corrected chi connectivity index (χ4v) is 2.93. The zero-order valence-electron chi connectivity index (χ0n) is 11.0. The van der Waals surface area contributed by atoms with Crippen molar-refractivity contribution in [3.05, 3.63) is 43.1 Å². The Hall–Kier alpha value is -1.86. The fourth-order valence-electron chi connectivity index (χ4n) is 2.02. The standard InChI is InChI=1S/C13H10BrClN2O4/c1-5-9(13(14)16-6(2)10(5)15)7-3-4-8(17(20)21)12(19)11(7)18/h3-4,18-19H,1-2H3. The van der Waals surface area contributed by atoms with Crippen LogP contribution in [0.15, 0.2) is 16.7 Å². The first-order valence-corrected chi connectivity index (χ1v) is 6.94. The maximum Gasteiger partial charge on any atom is 0.314 e. The molecule has 2 N–H and O–H groups in total. The topological polar surface area (TPSA) is 96.5 Å². The Morgan fingerprint density at radius 2 is 1.90 bits per heavy atom. The van der Waals surface area contributed by atoms with Crippen molar-refractivity contribution in [1.29, 1.82) is 0 Å². The second kappa shape index (κ2) is 5.50. The number of nitrogens with zero attached hydrogens (tertiary/aromatic N) is 2. The SMILES string of the molecule is Cc1nc(Br)c(-c2ccc([N+](=O)[O-])c(O)c2O)c(C)c1Cl. The molecule has 0 fully saturated rings. The van der Waals surface area contributed by atoms with Crippen LogP contribution in [0.25, 0.3) is 11.1 Å². The van der Waals surface area contributed by atoms with Gasteiger partial charge in [-0.15, -0.1) is 0 Å². The van der Waals surface area contributed by atoms with Crippen LogP contribution in [0.1, 0.15) is 11.3 Å². The van der Waals surface area contributed by atoms with Gasteiger partial charge in [-0.1, -0.05) is 11.6 Å². The first-order valence-electron chi connectivity index (χ1n) is 5.77. The van der Waals surface area contributed by atoms with Gasteiger partial charge in [0.1, 0.15) is 4.60 Å². The number of aromatic hydroxyl groups is 2. The summed E-state index contributed by atoms with van der Waals surface area (Å²) in [7, 11) is 0. The number of aryl methyl sites for hydroxylation is 1. The number of phenols is 2. The Labute approximate surface area is 133 Å². The van der Waals surface area contributed by atoms with E-state index in [0.717, 1.165) is 6.07 Å². The van der Waals surface area contributed by atoms with Crippen LogP contribution in [0.4, 0.5) is 5.69 Å².